The van der Waals surface area contributed by atoms with Gasteiger partial charge in [0, 0.05) is 17.2 Å². The van der Waals surface area contributed by atoms with Gasteiger partial charge in [0.1, 0.15) is 0 Å². The van der Waals surface area contributed by atoms with E-state index in [4.69, 9.17) is 22.7 Å². The van der Waals surface area contributed by atoms with Gasteiger partial charge in [-0.25, -0.2) is 4.98 Å². The van der Waals surface area contributed by atoms with Gasteiger partial charge in [-0.3, -0.25) is 5.41 Å². The summed E-state index contributed by atoms with van der Waals surface area (Å²) in [5, 5.41) is 8.64. The van der Waals surface area contributed by atoms with Crippen molar-refractivity contribution in [2.75, 3.05) is 5.75 Å². The third kappa shape index (κ3) is 2.68. The third-order valence-electron chi connectivity index (χ3n) is 2.03. The molecule has 0 spiro atoms. The number of imidazole rings is 1. The number of hydrogen-bond donors (Lipinski definition) is 3. The second-order valence-electron chi connectivity index (χ2n) is 3.33. The number of aromatic amines is 1. The Kier molecular flexibility index (Phi) is 3.36. The molecule has 0 atom stereocenters. The van der Waals surface area contributed by atoms with Crippen LogP contribution in [0.5, 0.6) is 0 Å². The first kappa shape index (κ1) is 11.3. The van der Waals surface area contributed by atoms with E-state index in [0.717, 1.165) is 21.9 Å². The SMILES string of the molecule is N=C(N)CCSc1nc2ccc(Cl)cc2[nH]1. The summed E-state index contributed by atoms with van der Waals surface area (Å²) in [4.78, 5) is 7.55. The Bertz CT molecular complexity index is 523. The van der Waals surface area contributed by atoms with Crippen molar-refractivity contribution in [2.45, 2.75) is 11.6 Å². The average Bonchev–Trinajstić information content (AvgIpc) is 2.58. The number of nitrogens with one attached hydrogen (secondary N) is 2. The first-order chi connectivity index (χ1) is 7.65. The number of fused-ring (bicyclic) bond motifs is 1. The zero-order valence-corrected chi connectivity index (χ0v) is 10.0. The van der Waals surface area contributed by atoms with Gasteiger partial charge >= 0.3 is 0 Å². The van der Waals surface area contributed by atoms with E-state index >= 15 is 0 Å². The molecule has 0 unspecified atom stereocenters. The fourth-order valence-electron chi connectivity index (χ4n) is 1.28. The molecule has 6 heteroatoms. The standard InChI is InChI=1S/C10H11ClN4S/c11-6-1-2-7-8(5-6)15-10(14-7)16-4-3-9(12)13/h1-2,5H,3-4H2,(H3,12,13)(H,14,15). The summed E-state index contributed by atoms with van der Waals surface area (Å²) in [7, 11) is 0. The minimum atomic E-state index is 0.201. The van der Waals surface area contributed by atoms with Crippen molar-refractivity contribution < 1.29 is 0 Å². The molecule has 1 aromatic heterocycles. The second kappa shape index (κ2) is 4.76. The molecule has 0 aliphatic carbocycles. The van der Waals surface area contributed by atoms with Gasteiger partial charge in [0.05, 0.1) is 16.9 Å². The van der Waals surface area contributed by atoms with Crippen LogP contribution in [-0.2, 0) is 0 Å². The molecule has 16 heavy (non-hydrogen) atoms. The van der Waals surface area contributed by atoms with Crippen LogP contribution in [0.1, 0.15) is 6.42 Å². The highest BCUT2D eigenvalue weighted by molar-refractivity contribution is 7.99. The molecule has 4 nitrogen and oxygen atoms in total. The van der Waals surface area contributed by atoms with Gasteiger partial charge in [0.2, 0.25) is 0 Å². The van der Waals surface area contributed by atoms with Crippen molar-refractivity contribution in [3.8, 4) is 0 Å². The lowest BCUT2D eigenvalue weighted by atomic mass is 10.3. The Labute approximate surface area is 102 Å². The van der Waals surface area contributed by atoms with Gasteiger partial charge in [-0.05, 0) is 18.2 Å². The lowest BCUT2D eigenvalue weighted by molar-refractivity contribution is 1.07. The smallest absolute Gasteiger partial charge is 0.166 e. The van der Waals surface area contributed by atoms with Crippen molar-refractivity contribution in [1.29, 1.82) is 5.41 Å². The number of rotatable bonds is 4. The lowest BCUT2D eigenvalue weighted by Crippen LogP contribution is -2.09. The number of thioether (sulfide) groups is 1. The molecule has 0 fully saturated rings. The first-order valence-corrected chi connectivity index (χ1v) is 6.12. The van der Waals surface area contributed by atoms with Crippen LogP contribution in [0.15, 0.2) is 23.4 Å². The lowest BCUT2D eigenvalue weighted by Gasteiger charge is -1.95. The summed E-state index contributed by atoms with van der Waals surface area (Å²) in [6, 6.07) is 5.54. The quantitative estimate of drug-likeness (QED) is 0.446. The van der Waals surface area contributed by atoms with E-state index in [1.165, 1.54) is 0 Å². The normalized spacial score (nSPS) is 10.8. The van der Waals surface area contributed by atoms with E-state index in [2.05, 4.69) is 9.97 Å². The van der Waals surface area contributed by atoms with Crippen LogP contribution < -0.4 is 5.73 Å². The van der Waals surface area contributed by atoms with E-state index in [1.807, 2.05) is 18.2 Å². The van der Waals surface area contributed by atoms with Gasteiger partial charge in [-0.15, -0.1) is 0 Å². The highest BCUT2D eigenvalue weighted by Crippen LogP contribution is 2.22. The highest BCUT2D eigenvalue weighted by Gasteiger charge is 2.03. The summed E-state index contributed by atoms with van der Waals surface area (Å²) < 4.78 is 0. The molecule has 0 saturated heterocycles. The second-order valence-corrected chi connectivity index (χ2v) is 4.85. The van der Waals surface area contributed by atoms with Gasteiger partial charge in [-0.2, -0.15) is 0 Å². The monoisotopic (exact) mass is 254 g/mol. The number of H-pyrrole nitrogens is 1. The van der Waals surface area contributed by atoms with Crippen molar-refractivity contribution in [3.63, 3.8) is 0 Å². The molecular weight excluding hydrogens is 244 g/mol. The minimum Gasteiger partial charge on any atom is -0.388 e. The largest absolute Gasteiger partial charge is 0.388 e. The Hall–Kier alpha value is -1.20. The highest BCUT2D eigenvalue weighted by atomic mass is 35.5. The Balaban J connectivity index is 2.10. The predicted molar refractivity (Wildman–Crippen MR) is 68.4 cm³/mol. The molecular formula is C10H11ClN4S. The van der Waals surface area contributed by atoms with Crippen molar-refractivity contribution in [3.05, 3.63) is 23.2 Å². The zero-order chi connectivity index (χ0) is 11.5. The van der Waals surface area contributed by atoms with Crippen LogP contribution in [-0.4, -0.2) is 21.6 Å². The van der Waals surface area contributed by atoms with E-state index in [1.54, 1.807) is 11.8 Å². The number of nitrogens with zero attached hydrogens (tertiary/aromatic N) is 1. The average molecular weight is 255 g/mol. The fourth-order valence-corrected chi connectivity index (χ4v) is 2.32. The molecule has 0 aliphatic heterocycles. The topological polar surface area (TPSA) is 78.6 Å². The van der Waals surface area contributed by atoms with Crippen molar-refractivity contribution in [1.82, 2.24) is 9.97 Å². The first-order valence-electron chi connectivity index (χ1n) is 4.76. The van der Waals surface area contributed by atoms with Gasteiger partial charge < -0.3 is 10.7 Å². The number of amidine groups is 1. The molecule has 1 heterocycles. The van der Waals surface area contributed by atoms with Crippen LogP contribution in [0.4, 0.5) is 0 Å². The molecule has 84 valence electrons. The van der Waals surface area contributed by atoms with Crippen molar-refractivity contribution in [2.24, 2.45) is 5.73 Å². The molecule has 2 aromatic rings. The van der Waals surface area contributed by atoms with Gasteiger partial charge in [0.15, 0.2) is 5.16 Å². The summed E-state index contributed by atoms with van der Waals surface area (Å²) in [5.74, 6) is 0.953. The van der Waals surface area contributed by atoms with Gasteiger partial charge in [0.25, 0.3) is 0 Å². The fraction of sp³-hybridized carbons (Fsp3) is 0.200. The van der Waals surface area contributed by atoms with Crippen LogP contribution in [0, 0.1) is 5.41 Å². The van der Waals surface area contributed by atoms with E-state index < -0.39 is 0 Å². The van der Waals surface area contributed by atoms with Crippen molar-refractivity contribution >= 4 is 40.2 Å². The number of hydrogen-bond acceptors (Lipinski definition) is 3. The Morgan fingerprint density at radius 3 is 3.12 bits per heavy atom. The molecule has 0 bridgehead atoms. The van der Waals surface area contributed by atoms with Crippen LogP contribution in [0.2, 0.25) is 5.02 Å². The maximum absolute atomic E-state index is 7.11. The number of aromatic nitrogens is 2. The molecule has 0 saturated carbocycles. The summed E-state index contributed by atoms with van der Waals surface area (Å²) >= 11 is 7.42. The predicted octanol–water partition coefficient (Wildman–Crippen LogP) is 2.63. The maximum Gasteiger partial charge on any atom is 0.166 e. The number of benzene rings is 1. The Morgan fingerprint density at radius 1 is 1.56 bits per heavy atom. The number of halogens is 1. The van der Waals surface area contributed by atoms with Crippen LogP contribution in [0.25, 0.3) is 11.0 Å². The molecule has 4 N–H and O–H groups in total. The maximum atomic E-state index is 7.11. The third-order valence-corrected chi connectivity index (χ3v) is 3.14. The molecule has 2 rings (SSSR count). The van der Waals surface area contributed by atoms with E-state index in [9.17, 15) is 0 Å². The summed E-state index contributed by atoms with van der Waals surface area (Å²) in [6.45, 7) is 0. The van der Waals surface area contributed by atoms with E-state index in [-0.39, 0.29) is 5.84 Å². The minimum absolute atomic E-state index is 0.201. The van der Waals surface area contributed by atoms with Crippen LogP contribution in [0.3, 0.4) is 0 Å². The molecule has 0 amide bonds. The zero-order valence-electron chi connectivity index (χ0n) is 8.46. The van der Waals surface area contributed by atoms with E-state index in [0.29, 0.717) is 11.4 Å². The Morgan fingerprint density at radius 2 is 2.38 bits per heavy atom. The molecule has 1 aromatic carbocycles. The summed E-state index contributed by atoms with van der Waals surface area (Å²) in [5.41, 5.74) is 7.10. The van der Waals surface area contributed by atoms with Gasteiger partial charge in [-0.1, -0.05) is 23.4 Å². The van der Waals surface area contributed by atoms with Crippen LogP contribution >= 0.6 is 23.4 Å². The summed E-state index contributed by atoms with van der Waals surface area (Å²) in [6.07, 6.45) is 0.572. The number of nitrogens with two attached hydrogens (primary N) is 1. The molecule has 0 radical (unpaired) electrons. The molecule has 0 aliphatic rings.